The molecule has 0 saturated carbocycles. The molecule has 0 spiro atoms. The zero-order chi connectivity index (χ0) is 20.3. The third-order valence-electron chi connectivity index (χ3n) is 4.57. The maximum absolute atomic E-state index is 12.5. The number of hydrogen-bond acceptors (Lipinski definition) is 6. The summed E-state index contributed by atoms with van der Waals surface area (Å²) in [6, 6.07) is 8.51. The molecule has 1 aliphatic rings. The second-order valence-electron chi connectivity index (χ2n) is 6.33. The van der Waals surface area contributed by atoms with E-state index in [4.69, 9.17) is 9.84 Å². The van der Waals surface area contributed by atoms with Crippen LogP contribution in [0.2, 0.25) is 0 Å². The molecule has 1 heterocycles. The van der Waals surface area contributed by atoms with Gasteiger partial charge in [0.05, 0.1) is 12.0 Å². The molecule has 28 heavy (non-hydrogen) atoms. The van der Waals surface area contributed by atoms with Crippen molar-refractivity contribution < 1.29 is 24.4 Å². The number of anilines is 2. The molecule has 0 aliphatic carbocycles. The maximum atomic E-state index is 12.5. The van der Waals surface area contributed by atoms with Gasteiger partial charge in [-0.25, -0.2) is 4.79 Å². The van der Waals surface area contributed by atoms with Gasteiger partial charge in [0, 0.05) is 36.5 Å². The Labute approximate surface area is 160 Å². The van der Waals surface area contributed by atoms with Crippen LogP contribution in [0.3, 0.4) is 0 Å². The molecule has 3 rings (SSSR count). The van der Waals surface area contributed by atoms with E-state index >= 15 is 0 Å². The molecule has 146 valence electrons. The second kappa shape index (κ2) is 7.95. The first-order valence-corrected chi connectivity index (χ1v) is 8.67. The Balaban J connectivity index is 1.85. The van der Waals surface area contributed by atoms with Crippen LogP contribution in [0.4, 0.5) is 17.1 Å². The first-order chi connectivity index (χ1) is 13.4. The standard InChI is InChI=1S/C19H19N3O6/c1-28-17-11-13(5-6-14(17)19(24)25)20-18(23)12-4-7-15(16(10-12)22(26)27)21-8-2-3-9-21/h4-7,10-11H,2-3,8-9H2,1H3,(H,20,23)(H,24,25). The Morgan fingerprint density at radius 1 is 1.18 bits per heavy atom. The fourth-order valence-corrected chi connectivity index (χ4v) is 3.19. The van der Waals surface area contributed by atoms with Crippen molar-refractivity contribution in [3.05, 3.63) is 57.6 Å². The number of aromatic carboxylic acids is 1. The van der Waals surface area contributed by atoms with Gasteiger partial charge in [-0.15, -0.1) is 0 Å². The molecule has 0 atom stereocenters. The van der Waals surface area contributed by atoms with Gasteiger partial charge in [0.25, 0.3) is 11.6 Å². The lowest BCUT2D eigenvalue weighted by atomic mass is 10.1. The predicted octanol–water partition coefficient (Wildman–Crippen LogP) is 3.15. The van der Waals surface area contributed by atoms with E-state index in [-0.39, 0.29) is 22.6 Å². The number of carboxylic acids is 1. The largest absolute Gasteiger partial charge is 0.496 e. The van der Waals surface area contributed by atoms with Crippen LogP contribution in [0.15, 0.2) is 36.4 Å². The van der Waals surface area contributed by atoms with Crippen molar-refractivity contribution >= 4 is 28.9 Å². The number of carboxylic acid groups (broad SMARTS) is 1. The summed E-state index contributed by atoms with van der Waals surface area (Å²) in [6.45, 7) is 1.50. The Bertz CT molecular complexity index is 937. The number of nitrogens with one attached hydrogen (secondary N) is 1. The van der Waals surface area contributed by atoms with E-state index in [1.54, 1.807) is 12.1 Å². The van der Waals surface area contributed by atoms with Crippen molar-refractivity contribution in [3.63, 3.8) is 0 Å². The van der Waals surface area contributed by atoms with E-state index in [0.717, 1.165) is 25.9 Å². The maximum Gasteiger partial charge on any atom is 0.339 e. The minimum Gasteiger partial charge on any atom is -0.496 e. The highest BCUT2D eigenvalue weighted by Gasteiger charge is 2.24. The molecule has 0 radical (unpaired) electrons. The van der Waals surface area contributed by atoms with E-state index in [0.29, 0.717) is 11.4 Å². The van der Waals surface area contributed by atoms with Crippen molar-refractivity contribution in [2.45, 2.75) is 12.8 Å². The van der Waals surface area contributed by atoms with Crippen LogP contribution in [0.5, 0.6) is 5.75 Å². The van der Waals surface area contributed by atoms with Crippen LogP contribution in [0.25, 0.3) is 0 Å². The van der Waals surface area contributed by atoms with Gasteiger partial charge in [-0.3, -0.25) is 14.9 Å². The Kier molecular flexibility index (Phi) is 5.44. The number of carbonyl (C=O) groups excluding carboxylic acids is 1. The fraction of sp³-hybridized carbons (Fsp3) is 0.263. The quantitative estimate of drug-likeness (QED) is 0.578. The monoisotopic (exact) mass is 385 g/mol. The molecule has 0 unspecified atom stereocenters. The second-order valence-corrected chi connectivity index (χ2v) is 6.33. The summed E-state index contributed by atoms with van der Waals surface area (Å²) in [5.74, 6) is -1.59. The summed E-state index contributed by atoms with van der Waals surface area (Å²) >= 11 is 0. The van der Waals surface area contributed by atoms with Gasteiger partial charge in [-0.1, -0.05) is 0 Å². The normalized spacial score (nSPS) is 13.2. The summed E-state index contributed by atoms with van der Waals surface area (Å²) in [6.07, 6.45) is 1.96. The number of rotatable bonds is 6. The number of methoxy groups -OCH3 is 1. The number of carbonyl (C=O) groups is 2. The predicted molar refractivity (Wildman–Crippen MR) is 102 cm³/mol. The molecule has 9 nitrogen and oxygen atoms in total. The lowest BCUT2D eigenvalue weighted by Crippen LogP contribution is -2.20. The van der Waals surface area contributed by atoms with E-state index in [2.05, 4.69) is 5.32 Å². The smallest absolute Gasteiger partial charge is 0.339 e. The Morgan fingerprint density at radius 3 is 2.50 bits per heavy atom. The minimum atomic E-state index is -1.15. The first kappa shape index (κ1) is 19.2. The molecular formula is C19H19N3O6. The highest BCUT2D eigenvalue weighted by molar-refractivity contribution is 6.05. The zero-order valence-corrected chi connectivity index (χ0v) is 15.2. The van der Waals surface area contributed by atoms with Crippen molar-refractivity contribution in [3.8, 4) is 5.75 Å². The van der Waals surface area contributed by atoms with Crippen molar-refractivity contribution in [2.24, 2.45) is 0 Å². The molecule has 1 fully saturated rings. The molecule has 2 N–H and O–H groups in total. The van der Waals surface area contributed by atoms with Crippen LogP contribution in [-0.2, 0) is 0 Å². The summed E-state index contributed by atoms with van der Waals surface area (Å²) < 4.78 is 5.03. The van der Waals surface area contributed by atoms with Crippen LogP contribution in [0.1, 0.15) is 33.6 Å². The average Bonchev–Trinajstić information content (AvgIpc) is 3.21. The summed E-state index contributed by atoms with van der Waals surface area (Å²) in [5, 5.41) is 23.2. The van der Waals surface area contributed by atoms with Gasteiger partial charge >= 0.3 is 5.97 Å². The van der Waals surface area contributed by atoms with Crippen LogP contribution in [0, 0.1) is 10.1 Å². The number of amides is 1. The van der Waals surface area contributed by atoms with E-state index in [9.17, 15) is 19.7 Å². The van der Waals surface area contributed by atoms with Crippen LogP contribution >= 0.6 is 0 Å². The number of nitro groups is 1. The molecule has 9 heteroatoms. The zero-order valence-electron chi connectivity index (χ0n) is 15.2. The number of hydrogen-bond donors (Lipinski definition) is 2. The third kappa shape index (κ3) is 3.88. The summed E-state index contributed by atoms with van der Waals surface area (Å²) in [4.78, 5) is 36.6. The van der Waals surface area contributed by atoms with E-state index in [1.165, 1.54) is 31.4 Å². The molecule has 1 amide bonds. The molecule has 1 saturated heterocycles. The molecular weight excluding hydrogens is 366 g/mol. The van der Waals surface area contributed by atoms with Crippen molar-refractivity contribution in [1.29, 1.82) is 0 Å². The lowest BCUT2D eigenvalue weighted by Gasteiger charge is -2.18. The van der Waals surface area contributed by atoms with E-state index < -0.39 is 16.8 Å². The number of benzene rings is 2. The Hall–Kier alpha value is -3.62. The summed E-state index contributed by atoms with van der Waals surface area (Å²) in [5.41, 5.74) is 0.806. The first-order valence-electron chi connectivity index (χ1n) is 8.67. The van der Waals surface area contributed by atoms with Crippen LogP contribution < -0.4 is 15.0 Å². The number of ether oxygens (including phenoxy) is 1. The molecule has 0 aromatic heterocycles. The van der Waals surface area contributed by atoms with Gasteiger partial charge in [0.1, 0.15) is 17.0 Å². The molecule has 2 aromatic rings. The van der Waals surface area contributed by atoms with Gasteiger partial charge in [0.15, 0.2) is 0 Å². The topological polar surface area (TPSA) is 122 Å². The summed E-state index contributed by atoms with van der Waals surface area (Å²) in [7, 11) is 1.33. The van der Waals surface area contributed by atoms with Crippen molar-refractivity contribution in [2.75, 3.05) is 30.4 Å². The average molecular weight is 385 g/mol. The van der Waals surface area contributed by atoms with Crippen molar-refractivity contribution in [1.82, 2.24) is 0 Å². The van der Waals surface area contributed by atoms with E-state index in [1.807, 2.05) is 4.90 Å². The molecule has 2 aromatic carbocycles. The van der Waals surface area contributed by atoms with Gasteiger partial charge in [-0.05, 0) is 37.1 Å². The van der Waals surface area contributed by atoms with Gasteiger partial charge < -0.3 is 20.1 Å². The minimum absolute atomic E-state index is 0.0360. The number of nitrogens with zero attached hydrogens (tertiary/aromatic N) is 2. The molecule has 1 aliphatic heterocycles. The Morgan fingerprint density at radius 2 is 1.89 bits per heavy atom. The highest BCUT2D eigenvalue weighted by atomic mass is 16.6. The SMILES string of the molecule is COc1cc(NC(=O)c2ccc(N3CCCC3)c([N+](=O)[O-])c2)ccc1C(=O)O. The number of nitro benzene ring substituents is 1. The third-order valence-corrected chi connectivity index (χ3v) is 4.57. The fourth-order valence-electron chi connectivity index (χ4n) is 3.19. The van der Waals surface area contributed by atoms with Gasteiger partial charge in [-0.2, -0.15) is 0 Å². The lowest BCUT2D eigenvalue weighted by molar-refractivity contribution is -0.384. The van der Waals surface area contributed by atoms with Gasteiger partial charge in [0.2, 0.25) is 0 Å². The highest BCUT2D eigenvalue weighted by Crippen LogP contribution is 2.32. The van der Waals surface area contributed by atoms with Crippen LogP contribution in [-0.4, -0.2) is 42.1 Å². The molecule has 0 bridgehead atoms.